The van der Waals surface area contributed by atoms with Gasteiger partial charge < -0.3 is 50.5 Å². The number of epoxide rings is 3. The summed E-state index contributed by atoms with van der Waals surface area (Å²) in [4.78, 5) is 0. The van der Waals surface area contributed by atoms with Crippen molar-refractivity contribution < 1.29 is 28.4 Å². The van der Waals surface area contributed by atoms with Gasteiger partial charge in [-0.1, -0.05) is 51.5 Å². The Bertz CT molecular complexity index is 926. The normalized spacial score (nSPS) is 19.6. The summed E-state index contributed by atoms with van der Waals surface area (Å²) < 4.78 is 32.0. The lowest BCUT2D eigenvalue weighted by Gasteiger charge is -2.26. The Hall–Kier alpha value is -2.28. The van der Waals surface area contributed by atoms with Crippen LogP contribution in [0.1, 0.15) is 44.7 Å². The summed E-state index contributed by atoms with van der Waals surface area (Å²) in [7, 11) is 0. The molecule has 5 rings (SSSR count). The average Bonchev–Trinajstić information content (AvgIpc) is 3.88. The lowest BCUT2D eigenvalue weighted by atomic mass is 9.78. The van der Waals surface area contributed by atoms with Gasteiger partial charge in [0, 0.05) is 51.3 Å². The van der Waals surface area contributed by atoms with Crippen molar-refractivity contribution in [2.45, 2.75) is 57.3 Å². The Labute approximate surface area is 264 Å². The first-order valence-electron chi connectivity index (χ1n) is 16.2. The van der Waals surface area contributed by atoms with E-state index in [0.717, 1.165) is 70.7 Å². The van der Waals surface area contributed by atoms with Crippen molar-refractivity contribution in [1.82, 2.24) is 10.6 Å². The first-order valence-corrected chi connectivity index (χ1v) is 16.2. The molecule has 0 bridgehead atoms. The fraction of sp³-hybridized carbons (Fsp3) is 0.647. The predicted octanol–water partition coefficient (Wildman–Crippen LogP) is 2.85. The highest BCUT2D eigenvalue weighted by Crippen LogP contribution is 2.33. The van der Waals surface area contributed by atoms with Crippen LogP contribution in [0, 0.1) is 0 Å². The van der Waals surface area contributed by atoms with Crippen LogP contribution in [0.25, 0.3) is 0 Å². The van der Waals surface area contributed by atoms with Crippen LogP contribution in [0.5, 0.6) is 11.5 Å². The fourth-order valence-electron chi connectivity index (χ4n) is 4.07. The minimum absolute atomic E-state index is 0.0870. The van der Waals surface area contributed by atoms with Crippen LogP contribution in [0.4, 0.5) is 0 Å². The molecule has 2 aromatic carbocycles. The smallest absolute Gasteiger partial charge is 0.119 e. The number of hydrogen-bond acceptors (Lipinski definition) is 10. The Kier molecular flexibility index (Phi) is 17.0. The quantitative estimate of drug-likeness (QED) is 0.130. The maximum Gasteiger partial charge on any atom is 0.119 e. The van der Waals surface area contributed by atoms with E-state index >= 15 is 0 Å². The first kappa shape index (κ1) is 36.2. The summed E-state index contributed by atoms with van der Waals surface area (Å²) in [6.45, 7) is 17.3. The highest BCUT2D eigenvalue weighted by molar-refractivity contribution is 5.41. The molecule has 0 radical (unpaired) electrons. The molecule has 3 unspecified atom stereocenters. The molecular weight excluding hydrogens is 560 g/mol. The largest absolute Gasteiger partial charge is 0.491 e. The van der Waals surface area contributed by atoms with E-state index in [4.69, 9.17) is 39.9 Å². The fourth-order valence-corrected chi connectivity index (χ4v) is 4.07. The number of nitrogens with two attached hydrogens (primary N) is 2. The summed E-state index contributed by atoms with van der Waals surface area (Å²) in [5.41, 5.74) is 13.0. The van der Waals surface area contributed by atoms with Gasteiger partial charge >= 0.3 is 0 Å². The van der Waals surface area contributed by atoms with Crippen molar-refractivity contribution in [1.29, 1.82) is 0 Å². The molecule has 10 nitrogen and oxygen atoms in total. The molecule has 0 saturated carbocycles. The molecule has 10 heteroatoms. The van der Waals surface area contributed by atoms with Crippen LogP contribution in [-0.4, -0.2) is 104 Å². The van der Waals surface area contributed by atoms with Gasteiger partial charge in [-0.3, -0.25) is 0 Å². The standard InChI is InChI=1S/C21H24O4.C7H14O2.C6H18N4/c1-21(2,15-3-7-17(8-4-15)22-11-19-13-24-19)16-5-9-18(10-6-16)23-12-20-14-25-20;1-2-3-4-8-5-7-6-9-7;7-1-3-9-5-6-10-4-2-8/h3-10,19-20H,11-14H2,1-2H3;7H,2-6H2,1H3;9-10H,1-8H2. The molecule has 0 aliphatic carbocycles. The SMILES string of the molecule is CC(C)(c1ccc(OCC2CO2)cc1)c1ccc(OCC2CO2)cc1.CCCCOCC1CO1.NCCNCCNCCN. The van der Waals surface area contributed by atoms with Gasteiger partial charge in [0.25, 0.3) is 0 Å². The first-order chi connectivity index (χ1) is 21.5. The van der Waals surface area contributed by atoms with Gasteiger partial charge in [-0.25, -0.2) is 0 Å². The van der Waals surface area contributed by atoms with Crippen LogP contribution < -0.4 is 31.6 Å². The number of benzene rings is 2. The van der Waals surface area contributed by atoms with Crippen LogP contribution in [-0.2, 0) is 24.4 Å². The van der Waals surface area contributed by atoms with Gasteiger partial charge in [-0.2, -0.15) is 0 Å². The highest BCUT2D eigenvalue weighted by atomic mass is 16.6. The van der Waals surface area contributed by atoms with Gasteiger partial charge in [0.05, 0.1) is 26.4 Å². The molecule has 3 heterocycles. The Morgan fingerprint density at radius 3 is 1.45 bits per heavy atom. The van der Waals surface area contributed by atoms with E-state index in [0.29, 0.717) is 32.4 Å². The summed E-state index contributed by atoms with van der Waals surface area (Å²) in [6.07, 6.45) is 3.38. The molecule has 3 fully saturated rings. The molecule has 44 heavy (non-hydrogen) atoms. The van der Waals surface area contributed by atoms with Crippen LogP contribution in [0.3, 0.4) is 0 Å². The maximum absolute atomic E-state index is 5.72. The zero-order valence-corrected chi connectivity index (χ0v) is 27.1. The minimum Gasteiger partial charge on any atom is -0.491 e. The van der Waals surface area contributed by atoms with E-state index in [1.807, 2.05) is 24.3 Å². The van der Waals surface area contributed by atoms with Crippen molar-refractivity contribution in [3.63, 3.8) is 0 Å². The number of nitrogens with one attached hydrogen (secondary N) is 2. The van der Waals surface area contributed by atoms with E-state index < -0.39 is 0 Å². The number of unbranched alkanes of at least 4 members (excludes halogenated alkanes) is 1. The molecular formula is C34H56N4O6. The van der Waals surface area contributed by atoms with Crippen molar-refractivity contribution in [2.24, 2.45) is 11.5 Å². The Morgan fingerprint density at radius 2 is 1.09 bits per heavy atom. The van der Waals surface area contributed by atoms with E-state index in [1.54, 1.807) is 0 Å². The van der Waals surface area contributed by atoms with E-state index in [1.165, 1.54) is 24.0 Å². The molecule has 3 aliphatic rings. The van der Waals surface area contributed by atoms with E-state index in [2.05, 4.69) is 55.7 Å². The van der Waals surface area contributed by atoms with Gasteiger partial charge in [0.1, 0.15) is 43.0 Å². The van der Waals surface area contributed by atoms with Crippen LogP contribution in [0.15, 0.2) is 48.5 Å². The molecule has 0 aromatic heterocycles. The van der Waals surface area contributed by atoms with Crippen LogP contribution in [0.2, 0.25) is 0 Å². The van der Waals surface area contributed by atoms with Gasteiger partial charge in [-0.15, -0.1) is 0 Å². The second-order valence-corrected chi connectivity index (χ2v) is 11.7. The number of ether oxygens (including phenoxy) is 6. The van der Waals surface area contributed by atoms with E-state index in [9.17, 15) is 0 Å². The van der Waals surface area contributed by atoms with Crippen molar-refractivity contribution in [3.8, 4) is 11.5 Å². The zero-order valence-electron chi connectivity index (χ0n) is 27.1. The molecule has 6 N–H and O–H groups in total. The Morgan fingerprint density at radius 1 is 0.682 bits per heavy atom. The zero-order chi connectivity index (χ0) is 31.5. The summed E-state index contributed by atoms with van der Waals surface area (Å²) in [6, 6.07) is 16.7. The van der Waals surface area contributed by atoms with Crippen molar-refractivity contribution in [3.05, 3.63) is 59.7 Å². The lowest BCUT2D eigenvalue weighted by molar-refractivity contribution is 0.114. The third kappa shape index (κ3) is 15.6. The highest BCUT2D eigenvalue weighted by Gasteiger charge is 2.26. The van der Waals surface area contributed by atoms with Crippen molar-refractivity contribution >= 4 is 0 Å². The predicted molar refractivity (Wildman–Crippen MR) is 175 cm³/mol. The van der Waals surface area contributed by atoms with Gasteiger partial charge in [-0.05, 0) is 41.8 Å². The van der Waals surface area contributed by atoms with Crippen molar-refractivity contribution in [2.75, 3.05) is 85.5 Å². The maximum atomic E-state index is 5.72. The third-order valence-electron chi connectivity index (χ3n) is 7.30. The molecule has 248 valence electrons. The van der Waals surface area contributed by atoms with Gasteiger partial charge in [0.15, 0.2) is 0 Å². The van der Waals surface area contributed by atoms with Gasteiger partial charge in [0.2, 0.25) is 0 Å². The molecule has 3 saturated heterocycles. The molecule has 0 amide bonds. The molecule has 3 atom stereocenters. The molecule has 0 spiro atoms. The minimum atomic E-state index is -0.0870. The number of rotatable bonds is 20. The molecule has 2 aromatic rings. The second kappa shape index (κ2) is 20.7. The van der Waals surface area contributed by atoms with Crippen LogP contribution >= 0.6 is 0 Å². The number of hydrogen-bond donors (Lipinski definition) is 4. The summed E-state index contributed by atoms with van der Waals surface area (Å²) in [5, 5.41) is 6.33. The Balaban J connectivity index is 0.000000229. The average molecular weight is 617 g/mol. The second-order valence-electron chi connectivity index (χ2n) is 11.7. The van der Waals surface area contributed by atoms with E-state index in [-0.39, 0.29) is 17.6 Å². The lowest BCUT2D eigenvalue weighted by Crippen LogP contribution is -2.32. The topological polar surface area (TPSA) is 141 Å². The molecule has 3 aliphatic heterocycles. The summed E-state index contributed by atoms with van der Waals surface area (Å²) in [5.74, 6) is 1.78. The third-order valence-corrected chi connectivity index (χ3v) is 7.30. The summed E-state index contributed by atoms with van der Waals surface area (Å²) >= 11 is 0. The monoisotopic (exact) mass is 616 g/mol.